The van der Waals surface area contributed by atoms with Gasteiger partial charge in [-0.15, -0.1) is 0 Å². The van der Waals surface area contributed by atoms with Crippen molar-refractivity contribution in [2.45, 2.75) is 0 Å². The van der Waals surface area contributed by atoms with Gasteiger partial charge in [-0.3, -0.25) is 0 Å². The first-order valence-corrected chi connectivity index (χ1v) is 0. The Kier molecular flexibility index (Phi) is 2770. The summed E-state index contributed by atoms with van der Waals surface area (Å²) in [5, 5.41) is 0. The molecule has 0 bridgehead atoms. The Hall–Kier alpha value is 2.72. The van der Waals surface area contributed by atoms with Gasteiger partial charge in [0.05, 0.1) is 0 Å². The van der Waals surface area contributed by atoms with Gasteiger partial charge >= 0.3 is 0 Å². The van der Waals surface area contributed by atoms with Crippen LogP contribution in [0.25, 0.3) is 0 Å². The Morgan fingerprint density at radius 2 is 0.333 bits per heavy atom. The maximum atomic E-state index is 0. The Morgan fingerprint density at radius 3 is 0.333 bits per heavy atom. The first-order valence-electron chi connectivity index (χ1n) is 0. The molecule has 0 spiro atoms. The summed E-state index contributed by atoms with van der Waals surface area (Å²) in [7, 11) is 0. The summed E-state index contributed by atoms with van der Waals surface area (Å²) in [4.78, 5) is 0. The molecule has 0 saturated heterocycles. The van der Waals surface area contributed by atoms with E-state index in [1.54, 1.807) is 0 Å². The third-order valence-electron chi connectivity index (χ3n) is 0. The zero-order valence-electron chi connectivity index (χ0n) is 4.60. The Morgan fingerprint density at radius 1 is 0.333 bits per heavy atom. The van der Waals surface area contributed by atoms with E-state index in [1.165, 1.54) is 0 Å². The van der Waals surface area contributed by atoms with Gasteiger partial charge in [-0.2, -0.15) is 0 Å². The molecule has 0 aromatic rings. The zero-order valence-corrected chi connectivity index (χ0v) is 14.5. The molecule has 0 unspecified atom stereocenters. The summed E-state index contributed by atoms with van der Waals surface area (Å²) < 4.78 is 0. The molecule has 0 aromatic carbocycles. The molecule has 0 fully saturated rings. The van der Waals surface area contributed by atoms with E-state index < -0.39 is 0 Å². The standard InChI is InChI=1S/6H2O.Sr.2Ta/h6*1H2;;;. The molecule has 12 N–H and O–H groups in total. The van der Waals surface area contributed by atoms with Gasteiger partial charge in [0, 0.05) is 90.2 Å². The molecule has 0 aliphatic rings. The van der Waals surface area contributed by atoms with E-state index in [2.05, 4.69) is 0 Å². The molecule has 0 heterocycles. The Balaban J connectivity index is 0. The normalized spacial score (nSPS) is 0. The molecule has 0 atom stereocenters. The molecule has 0 aromatic heterocycles. The van der Waals surface area contributed by atoms with Crippen molar-refractivity contribution in [3.8, 4) is 0 Å². The molecule has 60 valence electrons. The van der Waals surface area contributed by atoms with Gasteiger partial charge in [0.15, 0.2) is 0 Å². The average Bonchev–Trinajstić information content (AvgIpc) is 0. The fraction of sp³-hybridized carbons (Fsp3) is 0. The van der Waals surface area contributed by atoms with E-state index in [0.717, 1.165) is 0 Å². The van der Waals surface area contributed by atoms with Crippen LogP contribution in [0.1, 0.15) is 0 Å². The molecule has 9 heteroatoms. The molecule has 0 saturated carbocycles. The number of hydrogen-bond acceptors (Lipinski definition) is 0. The van der Waals surface area contributed by atoms with E-state index in [9.17, 15) is 0 Å². The molecule has 6 nitrogen and oxygen atoms in total. The van der Waals surface area contributed by atoms with Crippen LogP contribution in [0.15, 0.2) is 0 Å². The monoisotopic (exact) mass is 558 g/mol. The van der Waals surface area contributed by atoms with Gasteiger partial charge in [-0.25, -0.2) is 0 Å². The van der Waals surface area contributed by atoms with Gasteiger partial charge in [-0.1, -0.05) is 0 Å². The smallest absolute Gasteiger partial charge is 0 e. The third kappa shape index (κ3) is 110. The topological polar surface area (TPSA) is 189 Å². The van der Waals surface area contributed by atoms with E-state index in [1.807, 2.05) is 0 Å². The Bertz CT molecular complexity index is 11.0. The maximum absolute atomic E-state index is 0. The molecule has 0 aliphatic heterocycles. The van der Waals surface area contributed by atoms with E-state index >= 15 is 0 Å². The summed E-state index contributed by atoms with van der Waals surface area (Å²) >= 11 is 0. The number of rotatable bonds is 0. The average molecular weight is 558 g/mol. The van der Waals surface area contributed by atoms with Crippen molar-refractivity contribution in [3.63, 3.8) is 0 Å². The first-order chi connectivity index (χ1) is 0. The minimum Gasteiger partial charge on any atom is -0.412 e. The molecule has 4 radical (unpaired) electrons. The summed E-state index contributed by atoms with van der Waals surface area (Å²) in [5.74, 6) is 0. The van der Waals surface area contributed by atoms with Crippen LogP contribution in [0.3, 0.4) is 0 Å². The van der Waals surface area contributed by atoms with Crippen molar-refractivity contribution in [1.29, 1.82) is 0 Å². The summed E-state index contributed by atoms with van der Waals surface area (Å²) in [6.45, 7) is 0. The van der Waals surface area contributed by atoms with Crippen molar-refractivity contribution < 1.29 is 77.6 Å². The van der Waals surface area contributed by atoms with Crippen molar-refractivity contribution >= 4 is 45.5 Å². The second-order valence-electron chi connectivity index (χ2n) is 0. The van der Waals surface area contributed by atoms with Crippen LogP contribution < -0.4 is 0 Å². The van der Waals surface area contributed by atoms with Crippen LogP contribution >= 0.6 is 0 Å². The van der Waals surface area contributed by atoms with Crippen molar-refractivity contribution in [3.05, 3.63) is 0 Å². The minimum atomic E-state index is 0. The minimum absolute atomic E-state index is 0. The van der Waals surface area contributed by atoms with Crippen LogP contribution in [0.4, 0.5) is 0 Å². The van der Waals surface area contributed by atoms with E-state index in [4.69, 9.17) is 0 Å². The second-order valence-corrected chi connectivity index (χ2v) is 0. The van der Waals surface area contributed by atoms with Crippen molar-refractivity contribution in [2.24, 2.45) is 0 Å². The van der Waals surface area contributed by atoms with Crippen molar-refractivity contribution in [2.75, 3.05) is 0 Å². The molecule has 0 amide bonds. The maximum Gasteiger partial charge on any atom is 0 e. The van der Waals surface area contributed by atoms with Gasteiger partial charge in [0.1, 0.15) is 0 Å². The summed E-state index contributed by atoms with van der Waals surface area (Å²) in [6, 6.07) is 0. The zero-order chi connectivity index (χ0) is 0. The molecular weight excluding hydrogens is 546 g/mol. The van der Waals surface area contributed by atoms with Crippen LogP contribution in [0.5, 0.6) is 0 Å². The van der Waals surface area contributed by atoms with Crippen LogP contribution in [-0.4, -0.2) is 78.3 Å². The second kappa shape index (κ2) is 137. The largest absolute Gasteiger partial charge is 0.412 e. The third-order valence-corrected chi connectivity index (χ3v) is 0. The molecule has 9 heavy (non-hydrogen) atoms. The SMILES string of the molecule is O.O.O.O.O.O.[Sr].[Ta].[Ta]. The van der Waals surface area contributed by atoms with Crippen LogP contribution in [0, 0.1) is 0 Å². The quantitative estimate of drug-likeness (QED) is 0.258. The van der Waals surface area contributed by atoms with Gasteiger partial charge in [0.25, 0.3) is 0 Å². The first kappa shape index (κ1) is 182. The summed E-state index contributed by atoms with van der Waals surface area (Å²) in [5.41, 5.74) is 0. The van der Waals surface area contributed by atoms with Crippen molar-refractivity contribution in [1.82, 2.24) is 0 Å². The van der Waals surface area contributed by atoms with Gasteiger partial charge in [0.2, 0.25) is 0 Å². The van der Waals surface area contributed by atoms with Gasteiger partial charge in [-0.05, 0) is 0 Å². The van der Waals surface area contributed by atoms with Crippen LogP contribution in [-0.2, 0) is 44.8 Å². The van der Waals surface area contributed by atoms with Gasteiger partial charge < -0.3 is 32.9 Å². The van der Waals surface area contributed by atoms with Crippen LogP contribution in [0.2, 0.25) is 0 Å². The predicted molar refractivity (Wildman–Crippen MR) is 27.4 cm³/mol. The molecule has 0 rings (SSSR count). The van der Waals surface area contributed by atoms with E-state index in [0.29, 0.717) is 0 Å². The van der Waals surface area contributed by atoms with E-state index in [-0.39, 0.29) is 123 Å². The molecule has 0 aliphatic carbocycles. The molecular formula is H12O6SrTa2. The predicted octanol–water partition coefficient (Wildman–Crippen LogP) is -5.33. The summed E-state index contributed by atoms with van der Waals surface area (Å²) in [6.07, 6.45) is 0. The number of hydrogen-bond donors (Lipinski definition) is 0. The fourth-order valence-electron chi connectivity index (χ4n) is 0. The fourth-order valence-corrected chi connectivity index (χ4v) is 0. The Labute approximate surface area is 121 Å².